The molecule has 2 aromatic carbocycles. The van der Waals surface area contributed by atoms with Crippen molar-refractivity contribution in [1.29, 1.82) is 0 Å². The third-order valence-electron chi connectivity index (χ3n) is 4.66. The van der Waals surface area contributed by atoms with Gasteiger partial charge in [-0.2, -0.15) is 0 Å². The van der Waals surface area contributed by atoms with Gasteiger partial charge >= 0.3 is 0 Å². The summed E-state index contributed by atoms with van der Waals surface area (Å²) in [4.78, 5) is 38.1. The molecule has 2 aromatic rings. The van der Waals surface area contributed by atoms with Crippen LogP contribution in [0.2, 0.25) is 0 Å². The SMILES string of the molecule is O=C(CNC(=O)c1ccccc1)NC1CCN(C(=O)c2cccc(F)c2)CC1. The van der Waals surface area contributed by atoms with Crippen LogP contribution in [-0.2, 0) is 4.79 Å². The largest absolute Gasteiger partial charge is 0.352 e. The number of halogens is 1. The van der Waals surface area contributed by atoms with E-state index in [0.717, 1.165) is 0 Å². The molecule has 1 fully saturated rings. The highest BCUT2D eigenvalue weighted by molar-refractivity contribution is 5.96. The molecule has 1 heterocycles. The highest BCUT2D eigenvalue weighted by Crippen LogP contribution is 2.14. The summed E-state index contributed by atoms with van der Waals surface area (Å²) in [6.07, 6.45) is 1.22. The van der Waals surface area contributed by atoms with Gasteiger partial charge in [0.2, 0.25) is 5.91 Å². The quantitative estimate of drug-likeness (QED) is 0.829. The molecule has 0 aliphatic carbocycles. The Bertz CT molecular complexity index is 849. The molecule has 146 valence electrons. The summed E-state index contributed by atoms with van der Waals surface area (Å²) >= 11 is 0. The van der Waals surface area contributed by atoms with Crippen LogP contribution in [-0.4, -0.2) is 48.3 Å². The molecule has 6 nitrogen and oxygen atoms in total. The number of hydrogen-bond donors (Lipinski definition) is 2. The molecule has 28 heavy (non-hydrogen) atoms. The third-order valence-corrected chi connectivity index (χ3v) is 4.66. The summed E-state index contributed by atoms with van der Waals surface area (Å²) in [6, 6.07) is 14.3. The zero-order valence-electron chi connectivity index (χ0n) is 15.4. The maximum atomic E-state index is 13.3. The number of amides is 3. The Balaban J connectivity index is 1.42. The lowest BCUT2D eigenvalue weighted by molar-refractivity contribution is -0.121. The van der Waals surface area contributed by atoms with Gasteiger partial charge in [-0.3, -0.25) is 14.4 Å². The molecule has 0 unspecified atom stereocenters. The van der Waals surface area contributed by atoms with Gasteiger partial charge < -0.3 is 15.5 Å². The van der Waals surface area contributed by atoms with Crippen molar-refractivity contribution in [3.8, 4) is 0 Å². The van der Waals surface area contributed by atoms with Gasteiger partial charge in [0.25, 0.3) is 11.8 Å². The number of nitrogens with zero attached hydrogens (tertiary/aromatic N) is 1. The summed E-state index contributed by atoms with van der Waals surface area (Å²) in [5.41, 5.74) is 0.825. The van der Waals surface area contributed by atoms with Crippen molar-refractivity contribution < 1.29 is 18.8 Å². The van der Waals surface area contributed by atoms with Crippen LogP contribution in [0.25, 0.3) is 0 Å². The molecule has 0 bridgehead atoms. The molecule has 3 amide bonds. The number of rotatable bonds is 5. The van der Waals surface area contributed by atoms with Crippen molar-refractivity contribution in [1.82, 2.24) is 15.5 Å². The van der Waals surface area contributed by atoms with Gasteiger partial charge in [0, 0.05) is 30.3 Å². The van der Waals surface area contributed by atoms with E-state index in [2.05, 4.69) is 10.6 Å². The molecule has 0 saturated carbocycles. The van der Waals surface area contributed by atoms with Gasteiger partial charge in [0.15, 0.2) is 0 Å². The second kappa shape index (κ2) is 9.12. The lowest BCUT2D eigenvalue weighted by atomic mass is 10.0. The summed E-state index contributed by atoms with van der Waals surface area (Å²) < 4.78 is 13.3. The Labute approximate surface area is 162 Å². The minimum Gasteiger partial charge on any atom is -0.352 e. The highest BCUT2D eigenvalue weighted by atomic mass is 19.1. The van der Waals surface area contributed by atoms with Crippen molar-refractivity contribution in [2.75, 3.05) is 19.6 Å². The van der Waals surface area contributed by atoms with Gasteiger partial charge in [-0.15, -0.1) is 0 Å². The summed E-state index contributed by atoms with van der Waals surface area (Å²) in [5.74, 6) is -1.21. The number of hydrogen-bond acceptors (Lipinski definition) is 3. The second-order valence-electron chi connectivity index (χ2n) is 6.69. The summed E-state index contributed by atoms with van der Waals surface area (Å²) in [5, 5.41) is 5.47. The number of carbonyl (C=O) groups is 3. The molecule has 3 rings (SSSR count). The molecule has 0 aromatic heterocycles. The number of likely N-dealkylation sites (tertiary alicyclic amines) is 1. The zero-order chi connectivity index (χ0) is 19.9. The summed E-state index contributed by atoms with van der Waals surface area (Å²) in [6.45, 7) is 0.865. The first-order chi connectivity index (χ1) is 13.5. The van der Waals surface area contributed by atoms with Gasteiger partial charge in [-0.1, -0.05) is 24.3 Å². The number of carbonyl (C=O) groups excluding carboxylic acids is 3. The Hall–Kier alpha value is -3.22. The first-order valence-electron chi connectivity index (χ1n) is 9.20. The zero-order valence-corrected chi connectivity index (χ0v) is 15.4. The van der Waals surface area contributed by atoms with E-state index in [1.165, 1.54) is 18.2 Å². The summed E-state index contributed by atoms with van der Waals surface area (Å²) in [7, 11) is 0. The molecule has 7 heteroatoms. The Morgan fingerprint density at radius 2 is 1.64 bits per heavy atom. The van der Waals surface area contributed by atoms with Gasteiger partial charge in [0.05, 0.1) is 6.54 Å². The van der Waals surface area contributed by atoms with E-state index >= 15 is 0 Å². The maximum absolute atomic E-state index is 13.3. The van der Waals surface area contributed by atoms with Crippen LogP contribution in [0.15, 0.2) is 54.6 Å². The van der Waals surface area contributed by atoms with E-state index < -0.39 is 5.82 Å². The lowest BCUT2D eigenvalue weighted by Gasteiger charge is -2.32. The second-order valence-corrected chi connectivity index (χ2v) is 6.69. The maximum Gasteiger partial charge on any atom is 0.253 e. The smallest absolute Gasteiger partial charge is 0.253 e. The first kappa shape index (κ1) is 19.5. The topological polar surface area (TPSA) is 78.5 Å². The minimum absolute atomic E-state index is 0.0577. The van der Waals surface area contributed by atoms with Crippen LogP contribution in [0.4, 0.5) is 4.39 Å². The average molecular weight is 383 g/mol. The lowest BCUT2D eigenvalue weighted by Crippen LogP contribution is -2.48. The number of nitrogens with one attached hydrogen (secondary N) is 2. The predicted molar refractivity (Wildman–Crippen MR) is 102 cm³/mol. The molecule has 1 aliphatic rings. The van der Waals surface area contributed by atoms with Gasteiger partial charge in [-0.25, -0.2) is 4.39 Å². The van der Waals surface area contributed by atoms with E-state index in [1.54, 1.807) is 35.2 Å². The Morgan fingerprint density at radius 1 is 0.964 bits per heavy atom. The minimum atomic E-state index is -0.439. The molecular weight excluding hydrogens is 361 g/mol. The molecule has 0 atom stereocenters. The standard InChI is InChI=1S/C21H22FN3O3/c22-17-8-4-7-16(13-17)21(28)25-11-9-18(10-12-25)24-19(26)14-23-20(27)15-5-2-1-3-6-15/h1-8,13,18H,9-12,14H2,(H,23,27)(H,24,26). The monoisotopic (exact) mass is 383 g/mol. The van der Waals surface area contributed by atoms with Gasteiger partial charge in [-0.05, 0) is 43.2 Å². The van der Waals surface area contributed by atoms with Crippen molar-refractivity contribution in [2.24, 2.45) is 0 Å². The molecule has 2 N–H and O–H groups in total. The average Bonchev–Trinajstić information content (AvgIpc) is 2.72. The highest BCUT2D eigenvalue weighted by Gasteiger charge is 2.24. The predicted octanol–water partition coefficient (Wildman–Crippen LogP) is 1.98. The van der Waals surface area contributed by atoms with Crippen LogP contribution in [0.5, 0.6) is 0 Å². The van der Waals surface area contributed by atoms with Crippen molar-refractivity contribution in [3.05, 3.63) is 71.5 Å². The van der Waals surface area contributed by atoms with Crippen LogP contribution < -0.4 is 10.6 Å². The van der Waals surface area contributed by atoms with E-state index in [0.29, 0.717) is 37.1 Å². The van der Waals surface area contributed by atoms with Crippen molar-refractivity contribution in [2.45, 2.75) is 18.9 Å². The number of piperidine rings is 1. The molecule has 0 radical (unpaired) electrons. The molecular formula is C21H22FN3O3. The fourth-order valence-corrected chi connectivity index (χ4v) is 3.16. The molecule has 0 spiro atoms. The fraction of sp³-hybridized carbons (Fsp3) is 0.286. The van der Waals surface area contributed by atoms with Crippen LogP contribution in [0, 0.1) is 5.82 Å². The molecule has 1 aliphatic heterocycles. The van der Waals surface area contributed by atoms with Crippen LogP contribution in [0.3, 0.4) is 0 Å². The van der Waals surface area contributed by atoms with E-state index in [4.69, 9.17) is 0 Å². The van der Waals surface area contributed by atoms with E-state index in [9.17, 15) is 18.8 Å². The number of benzene rings is 2. The van der Waals surface area contributed by atoms with Crippen molar-refractivity contribution >= 4 is 17.7 Å². The van der Waals surface area contributed by atoms with Crippen LogP contribution >= 0.6 is 0 Å². The third kappa shape index (κ3) is 5.16. The first-order valence-corrected chi connectivity index (χ1v) is 9.20. The van der Waals surface area contributed by atoms with Crippen molar-refractivity contribution in [3.63, 3.8) is 0 Å². The molecule has 1 saturated heterocycles. The van der Waals surface area contributed by atoms with E-state index in [-0.39, 0.29) is 30.3 Å². The fourth-order valence-electron chi connectivity index (χ4n) is 3.16. The van der Waals surface area contributed by atoms with E-state index in [1.807, 2.05) is 6.07 Å². The Kier molecular flexibility index (Phi) is 6.37. The van der Waals surface area contributed by atoms with Crippen LogP contribution in [0.1, 0.15) is 33.6 Å². The Morgan fingerprint density at radius 3 is 2.32 bits per heavy atom. The van der Waals surface area contributed by atoms with Gasteiger partial charge in [0.1, 0.15) is 5.82 Å². The normalized spacial score (nSPS) is 14.4.